The molecule has 0 aromatic carbocycles. The van der Waals surface area contributed by atoms with E-state index in [-0.39, 0.29) is 6.04 Å². The van der Waals surface area contributed by atoms with Crippen LogP contribution in [0.3, 0.4) is 0 Å². The van der Waals surface area contributed by atoms with Gasteiger partial charge >= 0.3 is 0 Å². The maximum Gasteiger partial charge on any atom is 0.0770 e. The molecule has 0 bridgehead atoms. The third-order valence-corrected chi connectivity index (χ3v) is 2.91. The van der Waals surface area contributed by atoms with E-state index in [9.17, 15) is 0 Å². The summed E-state index contributed by atoms with van der Waals surface area (Å²) < 4.78 is 7.21. The molecule has 3 N–H and O–H groups in total. The largest absolute Gasteiger partial charge is 0.381 e. The van der Waals surface area contributed by atoms with Crippen LogP contribution in [-0.4, -0.2) is 28.2 Å². The van der Waals surface area contributed by atoms with E-state index in [2.05, 4.69) is 15.7 Å². The van der Waals surface area contributed by atoms with Crippen LogP contribution in [-0.2, 0) is 11.8 Å². The summed E-state index contributed by atoms with van der Waals surface area (Å²) in [5, 5.41) is 7.77. The summed E-state index contributed by atoms with van der Waals surface area (Å²) in [7, 11) is 1.87. The lowest BCUT2D eigenvalue weighted by Gasteiger charge is -2.29. The van der Waals surface area contributed by atoms with Crippen LogP contribution in [0.15, 0.2) is 6.20 Å². The smallest absolute Gasteiger partial charge is 0.0770 e. The fraction of sp³-hybridized carbons (Fsp3) is 0.778. The standard InChI is InChI=1S/C9H17N5O/c1-14-8(5-11-13-14)9(12-10)7-3-2-4-15-6-7/h5,7,9,12H,2-4,6,10H2,1H3. The van der Waals surface area contributed by atoms with Crippen LogP contribution in [0.25, 0.3) is 0 Å². The first kappa shape index (κ1) is 10.5. The van der Waals surface area contributed by atoms with E-state index in [0.29, 0.717) is 5.92 Å². The van der Waals surface area contributed by atoms with E-state index in [0.717, 1.165) is 31.7 Å². The summed E-state index contributed by atoms with van der Waals surface area (Å²) in [6, 6.07) is 0.0744. The first-order chi connectivity index (χ1) is 7.33. The van der Waals surface area contributed by atoms with Gasteiger partial charge in [-0.15, -0.1) is 5.10 Å². The molecule has 1 aromatic heterocycles. The highest BCUT2D eigenvalue weighted by Gasteiger charge is 2.26. The zero-order valence-electron chi connectivity index (χ0n) is 8.89. The van der Waals surface area contributed by atoms with Gasteiger partial charge in [-0.05, 0) is 12.8 Å². The number of rotatable bonds is 3. The Bertz CT molecular complexity index is 307. The van der Waals surface area contributed by atoms with Crippen LogP contribution in [0.5, 0.6) is 0 Å². The van der Waals surface area contributed by atoms with Crippen LogP contribution >= 0.6 is 0 Å². The van der Waals surface area contributed by atoms with Gasteiger partial charge in [-0.25, -0.2) is 0 Å². The maximum atomic E-state index is 5.59. The third kappa shape index (κ3) is 2.17. The van der Waals surface area contributed by atoms with Gasteiger partial charge in [-0.1, -0.05) is 5.21 Å². The van der Waals surface area contributed by atoms with E-state index in [1.165, 1.54) is 0 Å². The van der Waals surface area contributed by atoms with Gasteiger partial charge in [0.05, 0.1) is 24.5 Å². The number of aromatic nitrogens is 3. The van der Waals surface area contributed by atoms with E-state index in [4.69, 9.17) is 10.6 Å². The molecule has 6 nitrogen and oxygen atoms in total. The lowest BCUT2D eigenvalue weighted by Crippen LogP contribution is -2.38. The van der Waals surface area contributed by atoms with E-state index in [1.54, 1.807) is 10.9 Å². The second-order valence-electron chi connectivity index (χ2n) is 3.90. The second-order valence-corrected chi connectivity index (χ2v) is 3.90. The molecule has 0 aliphatic carbocycles. The molecular formula is C9H17N5O. The van der Waals surface area contributed by atoms with Crippen molar-refractivity contribution in [1.82, 2.24) is 20.4 Å². The van der Waals surface area contributed by atoms with Crippen molar-refractivity contribution in [3.63, 3.8) is 0 Å². The van der Waals surface area contributed by atoms with Crippen LogP contribution in [0.4, 0.5) is 0 Å². The summed E-state index contributed by atoms with van der Waals surface area (Å²) in [5.41, 5.74) is 3.84. The summed E-state index contributed by atoms with van der Waals surface area (Å²) >= 11 is 0. The average molecular weight is 211 g/mol. The quantitative estimate of drug-likeness (QED) is 0.532. The number of hydrazine groups is 1. The molecule has 1 fully saturated rings. The van der Waals surface area contributed by atoms with Crippen molar-refractivity contribution in [3.8, 4) is 0 Å². The number of aryl methyl sites for hydroxylation is 1. The van der Waals surface area contributed by atoms with Gasteiger partial charge in [0.15, 0.2) is 0 Å². The number of nitrogens with one attached hydrogen (secondary N) is 1. The van der Waals surface area contributed by atoms with Gasteiger partial charge in [-0.3, -0.25) is 16.0 Å². The molecular weight excluding hydrogens is 194 g/mol. The normalized spacial score (nSPS) is 24.0. The minimum atomic E-state index is 0.0744. The minimum Gasteiger partial charge on any atom is -0.381 e. The average Bonchev–Trinajstić information content (AvgIpc) is 2.68. The van der Waals surface area contributed by atoms with Crippen molar-refractivity contribution >= 4 is 0 Å². The van der Waals surface area contributed by atoms with Gasteiger partial charge in [0.25, 0.3) is 0 Å². The highest BCUT2D eigenvalue weighted by molar-refractivity contribution is 5.03. The monoisotopic (exact) mass is 211 g/mol. The molecule has 1 aliphatic heterocycles. The molecule has 1 aromatic rings. The zero-order valence-corrected chi connectivity index (χ0v) is 8.89. The molecule has 2 atom stereocenters. The second kappa shape index (κ2) is 4.69. The van der Waals surface area contributed by atoms with Crippen molar-refractivity contribution in [2.75, 3.05) is 13.2 Å². The molecule has 6 heteroatoms. The lowest BCUT2D eigenvalue weighted by atomic mass is 9.92. The zero-order chi connectivity index (χ0) is 10.7. The molecule has 2 rings (SSSR count). The van der Waals surface area contributed by atoms with Crippen molar-refractivity contribution in [2.45, 2.75) is 18.9 Å². The highest BCUT2D eigenvalue weighted by atomic mass is 16.5. The summed E-state index contributed by atoms with van der Waals surface area (Å²) in [5.74, 6) is 5.99. The van der Waals surface area contributed by atoms with Crippen molar-refractivity contribution < 1.29 is 4.74 Å². The lowest BCUT2D eigenvalue weighted by molar-refractivity contribution is 0.0378. The van der Waals surface area contributed by atoms with Gasteiger partial charge in [-0.2, -0.15) is 0 Å². The van der Waals surface area contributed by atoms with Gasteiger partial charge < -0.3 is 4.74 Å². The topological polar surface area (TPSA) is 78.0 Å². The number of nitrogens with two attached hydrogens (primary N) is 1. The molecule has 1 aliphatic rings. The van der Waals surface area contributed by atoms with E-state index in [1.807, 2.05) is 7.05 Å². The molecule has 0 amide bonds. The predicted molar refractivity (Wildman–Crippen MR) is 54.6 cm³/mol. The first-order valence-electron chi connectivity index (χ1n) is 5.21. The number of nitrogens with zero attached hydrogens (tertiary/aromatic N) is 3. The van der Waals surface area contributed by atoms with E-state index >= 15 is 0 Å². The molecule has 2 heterocycles. The Morgan fingerprint density at radius 2 is 2.60 bits per heavy atom. The molecule has 2 unspecified atom stereocenters. The predicted octanol–water partition coefficient (Wildman–Crippen LogP) is -0.254. The Hall–Kier alpha value is -0.980. The minimum absolute atomic E-state index is 0.0744. The summed E-state index contributed by atoms with van der Waals surface area (Å²) in [6.07, 6.45) is 3.97. The van der Waals surface area contributed by atoms with Crippen LogP contribution in [0.1, 0.15) is 24.6 Å². The highest BCUT2D eigenvalue weighted by Crippen LogP contribution is 2.27. The van der Waals surface area contributed by atoms with Crippen LogP contribution in [0.2, 0.25) is 0 Å². The molecule has 1 saturated heterocycles. The Balaban J connectivity index is 2.12. The SMILES string of the molecule is Cn1nncc1C(NN)C1CCCOC1. The van der Waals surface area contributed by atoms with Crippen LogP contribution in [0, 0.1) is 5.92 Å². The number of ether oxygens (including phenoxy) is 1. The van der Waals surface area contributed by atoms with E-state index < -0.39 is 0 Å². The van der Waals surface area contributed by atoms with Crippen molar-refractivity contribution in [3.05, 3.63) is 11.9 Å². The summed E-state index contributed by atoms with van der Waals surface area (Å²) in [6.45, 7) is 1.61. The summed E-state index contributed by atoms with van der Waals surface area (Å²) in [4.78, 5) is 0. The molecule has 0 spiro atoms. The fourth-order valence-corrected chi connectivity index (χ4v) is 2.07. The maximum absolute atomic E-state index is 5.59. The molecule has 0 saturated carbocycles. The Morgan fingerprint density at radius 3 is 3.13 bits per heavy atom. The van der Waals surface area contributed by atoms with Crippen molar-refractivity contribution in [1.29, 1.82) is 0 Å². The van der Waals surface area contributed by atoms with Crippen molar-refractivity contribution in [2.24, 2.45) is 18.8 Å². The first-order valence-corrected chi connectivity index (χ1v) is 5.21. The van der Waals surface area contributed by atoms with Gasteiger partial charge in [0.2, 0.25) is 0 Å². The molecule has 15 heavy (non-hydrogen) atoms. The Morgan fingerprint density at radius 1 is 1.73 bits per heavy atom. The molecule has 0 radical (unpaired) electrons. The molecule has 84 valence electrons. The van der Waals surface area contributed by atoms with Gasteiger partial charge in [0.1, 0.15) is 0 Å². The third-order valence-electron chi connectivity index (χ3n) is 2.91. The Kier molecular flexibility index (Phi) is 3.30. The van der Waals surface area contributed by atoms with Crippen LogP contribution < -0.4 is 11.3 Å². The number of hydrogen-bond donors (Lipinski definition) is 2. The fourth-order valence-electron chi connectivity index (χ4n) is 2.07. The Labute approximate surface area is 88.7 Å². The number of hydrogen-bond acceptors (Lipinski definition) is 5. The van der Waals surface area contributed by atoms with Gasteiger partial charge in [0, 0.05) is 19.6 Å².